The Hall–Kier alpha value is -0.860. The van der Waals surface area contributed by atoms with Gasteiger partial charge in [0.2, 0.25) is 0 Å². The summed E-state index contributed by atoms with van der Waals surface area (Å²) in [6.45, 7) is 19.2. The predicted octanol–water partition coefficient (Wildman–Crippen LogP) is 12.2. The van der Waals surface area contributed by atoms with E-state index in [-0.39, 0.29) is 10.8 Å². The van der Waals surface area contributed by atoms with E-state index in [9.17, 15) is 0 Å². The summed E-state index contributed by atoms with van der Waals surface area (Å²) >= 11 is 4.35. The Balaban J connectivity index is 2.06. The van der Waals surface area contributed by atoms with Crippen LogP contribution in [0.15, 0.2) is 12.1 Å². The van der Waals surface area contributed by atoms with E-state index in [0.29, 0.717) is 11.8 Å². The first-order valence-electron chi connectivity index (χ1n) is 15.4. The Bertz CT molecular complexity index is 957. The first-order valence-corrected chi connectivity index (χ1v) is 17.0. The van der Waals surface area contributed by atoms with Crippen LogP contribution in [-0.4, -0.2) is 0 Å². The van der Waals surface area contributed by atoms with Gasteiger partial charge >= 0.3 is 0 Å². The molecule has 2 aliphatic carbocycles. The average molecular weight is 525 g/mol. The van der Waals surface area contributed by atoms with E-state index in [1.165, 1.54) is 77.0 Å². The van der Waals surface area contributed by atoms with E-state index in [2.05, 4.69) is 90.2 Å². The number of rotatable bonds is 14. The van der Waals surface area contributed by atoms with Gasteiger partial charge in [-0.25, -0.2) is 0 Å². The molecule has 0 unspecified atom stereocenters. The van der Waals surface area contributed by atoms with Crippen LogP contribution in [0.25, 0.3) is 11.1 Å². The molecule has 0 radical (unpaired) electrons. The van der Waals surface area contributed by atoms with Gasteiger partial charge in [0.1, 0.15) is 0 Å². The van der Waals surface area contributed by atoms with Crippen molar-refractivity contribution < 1.29 is 0 Å². The second-order valence-electron chi connectivity index (χ2n) is 12.4. The number of unbranched alkanes of at least 4 members (excludes halogenated alkanes) is 4. The molecule has 2 heterocycles. The van der Waals surface area contributed by atoms with Gasteiger partial charge in [0.15, 0.2) is 0 Å². The van der Waals surface area contributed by atoms with Crippen molar-refractivity contribution in [3.05, 3.63) is 42.8 Å². The van der Waals surface area contributed by atoms with E-state index in [4.69, 9.17) is 0 Å². The minimum absolute atomic E-state index is 0.231. The number of fused-ring (bicyclic) bond motifs is 4. The molecule has 0 nitrogen and oxygen atoms in total. The molecule has 36 heavy (non-hydrogen) atoms. The SMILES string of the molecule is CCCCC1(CCCC)C2=C(c3sc(C(C)C)cc31)C(CCCC)(CCCC)c1cc(C(C)C)sc12. The summed E-state index contributed by atoms with van der Waals surface area (Å²) in [4.78, 5) is 6.65. The fraction of sp³-hybridized carbons (Fsp3) is 0.706. The van der Waals surface area contributed by atoms with Crippen molar-refractivity contribution in [2.75, 3.05) is 0 Å². The maximum atomic E-state index is 2.69. The Morgan fingerprint density at radius 1 is 0.556 bits per heavy atom. The molecule has 4 rings (SSSR count). The fourth-order valence-corrected chi connectivity index (χ4v) is 9.91. The molecule has 0 aromatic carbocycles. The van der Waals surface area contributed by atoms with Crippen molar-refractivity contribution in [1.82, 2.24) is 0 Å². The predicted molar refractivity (Wildman–Crippen MR) is 165 cm³/mol. The molecule has 200 valence electrons. The number of hydrogen-bond donors (Lipinski definition) is 0. The molecular formula is C34H52S2. The highest BCUT2D eigenvalue weighted by Gasteiger charge is 2.57. The molecular weight excluding hydrogens is 473 g/mol. The molecule has 0 saturated heterocycles. The second kappa shape index (κ2) is 11.5. The molecule has 0 amide bonds. The zero-order valence-electron chi connectivity index (χ0n) is 24.6. The Morgan fingerprint density at radius 3 is 1.11 bits per heavy atom. The normalized spacial score (nSPS) is 17.4. The van der Waals surface area contributed by atoms with E-state index >= 15 is 0 Å². The first kappa shape index (κ1) is 28.2. The minimum atomic E-state index is 0.231. The Kier molecular flexibility index (Phi) is 8.98. The van der Waals surface area contributed by atoms with Gasteiger partial charge in [0.05, 0.1) is 0 Å². The zero-order chi connectivity index (χ0) is 26.1. The lowest BCUT2D eigenvalue weighted by atomic mass is 9.70. The lowest BCUT2D eigenvalue weighted by molar-refractivity contribution is 0.439. The van der Waals surface area contributed by atoms with Crippen LogP contribution in [0, 0.1) is 0 Å². The van der Waals surface area contributed by atoms with Crippen molar-refractivity contribution in [1.29, 1.82) is 0 Å². The molecule has 0 N–H and O–H groups in total. The summed E-state index contributed by atoms with van der Waals surface area (Å²) in [6, 6.07) is 5.38. The molecule has 0 bridgehead atoms. The second-order valence-corrected chi connectivity index (χ2v) is 14.6. The van der Waals surface area contributed by atoms with Crippen LogP contribution in [0.1, 0.15) is 175 Å². The number of allylic oxidation sites excluding steroid dienone is 2. The van der Waals surface area contributed by atoms with Gasteiger partial charge in [0.25, 0.3) is 0 Å². The minimum Gasteiger partial charge on any atom is -0.140 e. The third kappa shape index (κ3) is 4.51. The highest BCUT2D eigenvalue weighted by molar-refractivity contribution is 7.15. The van der Waals surface area contributed by atoms with Crippen LogP contribution in [-0.2, 0) is 10.8 Å². The number of hydrogen-bond acceptors (Lipinski definition) is 2. The van der Waals surface area contributed by atoms with Crippen molar-refractivity contribution in [3.8, 4) is 0 Å². The third-order valence-corrected chi connectivity index (χ3v) is 12.1. The molecule has 0 saturated carbocycles. The van der Waals surface area contributed by atoms with Gasteiger partial charge in [-0.15, -0.1) is 22.7 Å². The molecule has 0 atom stereocenters. The molecule has 2 aromatic rings. The standard InChI is InChI=1S/C34H52S2/c1-9-13-17-33(18-14-10-2)25-21-27(23(5)6)35-31(25)30-29(33)32-26(22-28(36-32)24(7)8)34(30,19-15-11-3)20-16-12-4/h21-24H,9-20H2,1-8H3. The van der Waals surface area contributed by atoms with Gasteiger partial charge in [-0.1, -0.05) is 107 Å². The summed E-state index contributed by atoms with van der Waals surface area (Å²) in [5, 5.41) is 0. The third-order valence-electron chi connectivity index (χ3n) is 9.16. The van der Waals surface area contributed by atoms with Crippen molar-refractivity contribution in [3.63, 3.8) is 0 Å². The van der Waals surface area contributed by atoms with E-state index in [1.54, 1.807) is 30.6 Å². The summed E-state index contributed by atoms with van der Waals surface area (Å²) in [5.74, 6) is 1.23. The quantitative estimate of drug-likeness (QED) is 0.230. The summed E-state index contributed by atoms with van der Waals surface area (Å²) < 4.78 is 0. The highest BCUT2D eigenvalue weighted by atomic mass is 32.1. The largest absolute Gasteiger partial charge is 0.140 e. The fourth-order valence-electron chi connectivity index (χ4n) is 7.08. The summed E-state index contributed by atoms with van der Waals surface area (Å²) in [6.07, 6.45) is 15.8. The lowest BCUT2D eigenvalue weighted by Gasteiger charge is -2.34. The van der Waals surface area contributed by atoms with E-state index in [1.807, 2.05) is 11.1 Å². The molecule has 0 spiro atoms. The Morgan fingerprint density at radius 2 is 0.861 bits per heavy atom. The highest BCUT2D eigenvalue weighted by Crippen LogP contribution is 2.70. The summed E-state index contributed by atoms with van der Waals surface area (Å²) in [7, 11) is 0. The van der Waals surface area contributed by atoms with Crippen LogP contribution in [0.2, 0.25) is 0 Å². The van der Waals surface area contributed by atoms with Gasteiger partial charge in [-0.05, 0) is 71.9 Å². The van der Waals surface area contributed by atoms with Gasteiger partial charge in [0, 0.05) is 30.3 Å². The monoisotopic (exact) mass is 524 g/mol. The molecule has 2 aromatic heterocycles. The maximum absolute atomic E-state index is 2.69. The van der Waals surface area contributed by atoms with E-state index in [0.717, 1.165) is 0 Å². The van der Waals surface area contributed by atoms with Crippen LogP contribution in [0.4, 0.5) is 0 Å². The van der Waals surface area contributed by atoms with Crippen molar-refractivity contribution >= 4 is 33.8 Å². The van der Waals surface area contributed by atoms with Gasteiger partial charge in [-0.3, -0.25) is 0 Å². The van der Waals surface area contributed by atoms with Gasteiger partial charge in [-0.2, -0.15) is 0 Å². The van der Waals surface area contributed by atoms with E-state index < -0.39 is 0 Å². The van der Waals surface area contributed by atoms with Crippen LogP contribution < -0.4 is 0 Å². The van der Waals surface area contributed by atoms with Crippen molar-refractivity contribution in [2.24, 2.45) is 0 Å². The molecule has 0 fully saturated rings. The smallest absolute Gasteiger partial charge is 0.0359 e. The molecule has 2 heteroatoms. The summed E-state index contributed by atoms with van der Waals surface area (Å²) in [5.41, 5.74) is 7.58. The lowest BCUT2D eigenvalue weighted by Crippen LogP contribution is -2.26. The topological polar surface area (TPSA) is 0 Å². The first-order chi connectivity index (χ1) is 17.3. The zero-order valence-corrected chi connectivity index (χ0v) is 26.2. The molecule has 0 aliphatic heterocycles. The van der Waals surface area contributed by atoms with Crippen LogP contribution >= 0.6 is 22.7 Å². The number of thiophene rings is 2. The Labute approximate surface area is 231 Å². The van der Waals surface area contributed by atoms with Crippen LogP contribution in [0.3, 0.4) is 0 Å². The van der Waals surface area contributed by atoms with Crippen molar-refractivity contribution in [2.45, 2.75) is 155 Å². The van der Waals surface area contributed by atoms with Crippen LogP contribution in [0.5, 0.6) is 0 Å². The maximum Gasteiger partial charge on any atom is 0.0359 e. The average Bonchev–Trinajstić information content (AvgIpc) is 3.58. The molecule has 2 aliphatic rings. The van der Waals surface area contributed by atoms with Gasteiger partial charge < -0.3 is 0 Å².